The molecule has 0 unspecified atom stereocenters. The monoisotopic (exact) mass is 476 g/mol. The molecule has 0 spiro atoms. The standard InChI is InChI=1S/C19H17BrN4O4S/c1-27-16-5-3-2-4-14(16)22-17(25)10-28-15-7-6-13(20)8-12(15)9-21-24-19-23-18(26)11-29-19/h2-9H,10-11H2,1H3,(H,22,25)(H,23,24,26). The van der Waals surface area contributed by atoms with Gasteiger partial charge in [-0.05, 0) is 30.3 Å². The number of halogens is 1. The second kappa shape index (κ2) is 10.1. The van der Waals surface area contributed by atoms with Crippen LogP contribution in [0.2, 0.25) is 0 Å². The topological polar surface area (TPSA) is 101 Å². The number of carbonyl (C=O) groups excluding carboxylic acids is 2. The summed E-state index contributed by atoms with van der Waals surface area (Å²) in [4.78, 5) is 23.4. The third-order valence-electron chi connectivity index (χ3n) is 3.64. The molecule has 1 heterocycles. The van der Waals surface area contributed by atoms with E-state index in [-0.39, 0.29) is 18.4 Å². The average Bonchev–Trinajstić information content (AvgIpc) is 3.13. The Hall–Kier alpha value is -2.85. The van der Waals surface area contributed by atoms with Crippen LogP contribution in [0.3, 0.4) is 0 Å². The van der Waals surface area contributed by atoms with E-state index in [9.17, 15) is 9.59 Å². The molecule has 0 aliphatic carbocycles. The number of nitrogens with zero attached hydrogens (tertiary/aromatic N) is 2. The molecule has 0 radical (unpaired) electrons. The average molecular weight is 477 g/mol. The molecule has 10 heteroatoms. The lowest BCUT2D eigenvalue weighted by Crippen LogP contribution is -2.21. The van der Waals surface area contributed by atoms with Crippen LogP contribution in [-0.4, -0.2) is 42.7 Å². The van der Waals surface area contributed by atoms with Gasteiger partial charge in [0.25, 0.3) is 5.91 Å². The highest BCUT2D eigenvalue weighted by molar-refractivity contribution is 9.10. The minimum Gasteiger partial charge on any atom is -0.495 e. The zero-order valence-electron chi connectivity index (χ0n) is 15.3. The molecule has 2 amide bonds. The Bertz CT molecular complexity index is 980. The van der Waals surface area contributed by atoms with E-state index in [4.69, 9.17) is 9.47 Å². The molecule has 3 rings (SSSR count). The maximum atomic E-state index is 12.3. The maximum Gasteiger partial charge on any atom is 0.262 e. The summed E-state index contributed by atoms with van der Waals surface area (Å²) in [5, 5.41) is 13.7. The normalized spacial score (nSPS) is 14.8. The molecule has 1 aliphatic heterocycles. The number of methoxy groups -OCH3 is 1. The fourth-order valence-electron chi connectivity index (χ4n) is 2.35. The lowest BCUT2D eigenvalue weighted by Gasteiger charge is -2.12. The Morgan fingerprint density at radius 2 is 2.14 bits per heavy atom. The van der Waals surface area contributed by atoms with Gasteiger partial charge in [0, 0.05) is 10.0 Å². The largest absolute Gasteiger partial charge is 0.495 e. The van der Waals surface area contributed by atoms with E-state index in [2.05, 4.69) is 36.8 Å². The highest BCUT2D eigenvalue weighted by Gasteiger charge is 2.16. The second-order valence-corrected chi connectivity index (χ2v) is 7.59. The van der Waals surface area contributed by atoms with Crippen molar-refractivity contribution in [2.45, 2.75) is 0 Å². The first-order valence-corrected chi connectivity index (χ1v) is 10.2. The summed E-state index contributed by atoms with van der Waals surface area (Å²) >= 11 is 4.68. The zero-order chi connectivity index (χ0) is 20.6. The van der Waals surface area contributed by atoms with Crippen LogP contribution < -0.4 is 20.1 Å². The van der Waals surface area contributed by atoms with Gasteiger partial charge in [0.1, 0.15) is 11.5 Å². The molecule has 0 bridgehead atoms. The number of anilines is 1. The summed E-state index contributed by atoms with van der Waals surface area (Å²) in [6.07, 6.45) is 1.50. The van der Waals surface area contributed by atoms with Gasteiger partial charge in [-0.15, -0.1) is 5.10 Å². The van der Waals surface area contributed by atoms with Crippen molar-refractivity contribution in [2.24, 2.45) is 10.2 Å². The first-order valence-electron chi connectivity index (χ1n) is 8.44. The maximum absolute atomic E-state index is 12.3. The van der Waals surface area contributed by atoms with E-state index >= 15 is 0 Å². The van der Waals surface area contributed by atoms with Gasteiger partial charge in [0.05, 0.1) is 24.8 Å². The van der Waals surface area contributed by atoms with Gasteiger partial charge in [-0.2, -0.15) is 5.10 Å². The van der Waals surface area contributed by atoms with Crippen LogP contribution in [0, 0.1) is 0 Å². The molecule has 2 aromatic carbocycles. The van der Waals surface area contributed by atoms with E-state index in [0.29, 0.717) is 33.7 Å². The van der Waals surface area contributed by atoms with E-state index in [1.807, 2.05) is 6.07 Å². The van der Waals surface area contributed by atoms with Crippen LogP contribution >= 0.6 is 27.7 Å². The number of hydrogen-bond acceptors (Lipinski definition) is 7. The lowest BCUT2D eigenvalue weighted by atomic mass is 10.2. The summed E-state index contributed by atoms with van der Waals surface area (Å²) in [6.45, 7) is -0.194. The zero-order valence-corrected chi connectivity index (χ0v) is 17.7. The fourth-order valence-corrected chi connectivity index (χ4v) is 3.36. The summed E-state index contributed by atoms with van der Waals surface area (Å²) in [5.41, 5.74) is 1.19. The SMILES string of the molecule is COc1ccccc1NC(=O)COc1ccc(Br)cc1C=NN=C1NC(=O)CS1. The molecule has 1 saturated heterocycles. The number of carbonyl (C=O) groups is 2. The first-order chi connectivity index (χ1) is 14.0. The van der Waals surface area contributed by atoms with Gasteiger partial charge in [0.15, 0.2) is 11.8 Å². The lowest BCUT2D eigenvalue weighted by molar-refractivity contribution is -0.118. The summed E-state index contributed by atoms with van der Waals surface area (Å²) in [5.74, 6) is 0.937. The summed E-state index contributed by atoms with van der Waals surface area (Å²) in [6, 6.07) is 12.4. The Kier molecular flexibility index (Phi) is 7.25. The number of para-hydroxylation sites is 2. The highest BCUT2D eigenvalue weighted by atomic mass is 79.9. The predicted molar refractivity (Wildman–Crippen MR) is 117 cm³/mol. The molecule has 29 heavy (non-hydrogen) atoms. The molecule has 150 valence electrons. The van der Waals surface area contributed by atoms with Crippen molar-refractivity contribution in [2.75, 3.05) is 24.8 Å². The number of thioether (sulfide) groups is 1. The van der Waals surface area contributed by atoms with E-state index in [0.717, 1.165) is 4.47 Å². The van der Waals surface area contributed by atoms with Crippen LogP contribution in [0.4, 0.5) is 5.69 Å². The smallest absolute Gasteiger partial charge is 0.262 e. The number of amidine groups is 1. The molecular weight excluding hydrogens is 460 g/mol. The van der Waals surface area contributed by atoms with Crippen molar-refractivity contribution in [3.63, 3.8) is 0 Å². The van der Waals surface area contributed by atoms with Gasteiger partial charge in [-0.25, -0.2) is 0 Å². The van der Waals surface area contributed by atoms with Crippen LogP contribution in [0.5, 0.6) is 11.5 Å². The Morgan fingerprint density at radius 1 is 1.31 bits per heavy atom. The summed E-state index contributed by atoms with van der Waals surface area (Å²) in [7, 11) is 1.54. The predicted octanol–water partition coefficient (Wildman–Crippen LogP) is 3.03. The van der Waals surface area contributed by atoms with Gasteiger partial charge in [-0.1, -0.05) is 39.8 Å². The molecule has 2 aromatic rings. The van der Waals surface area contributed by atoms with Crippen LogP contribution in [-0.2, 0) is 9.59 Å². The highest BCUT2D eigenvalue weighted by Crippen LogP contribution is 2.24. The van der Waals surface area contributed by atoms with Crippen molar-refractivity contribution in [3.8, 4) is 11.5 Å². The first kappa shape index (κ1) is 20.9. The van der Waals surface area contributed by atoms with E-state index < -0.39 is 0 Å². The van der Waals surface area contributed by atoms with Crippen LogP contribution in [0.1, 0.15) is 5.56 Å². The Labute approximate surface area is 179 Å². The van der Waals surface area contributed by atoms with Gasteiger partial charge in [-0.3, -0.25) is 9.59 Å². The fraction of sp³-hybridized carbons (Fsp3) is 0.158. The van der Waals surface area contributed by atoms with Crippen molar-refractivity contribution >= 4 is 56.6 Å². The van der Waals surface area contributed by atoms with Gasteiger partial charge >= 0.3 is 0 Å². The number of hydrogen-bond donors (Lipinski definition) is 2. The van der Waals surface area contributed by atoms with Gasteiger partial charge < -0.3 is 20.1 Å². The molecule has 0 atom stereocenters. The van der Waals surface area contributed by atoms with E-state index in [1.165, 1.54) is 25.1 Å². The minimum atomic E-state index is -0.328. The van der Waals surface area contributed by atoms with Crippen molar-refractivity contribution in [3.05, 3.63) is 52.5 Å². The van der Waals surface area contributed by atoms with Crippen molar-refractivity contribution < 1.29 is 19.1 Å². The molecule has 0 saturated carbocycles. The third kappa shape index (κ3) is 6.06. The number of ether oxygens (including phenoxy) is 2. The van der Waals surface area contributed by atoms with Crippen molar-refractivity contribution in [1.29, 1.82) is 0 Å². The molecule has 0 aromatic heterocycles. The number of nitrogens with one attached hydrogen (secondary N) is 2. The number of rotatable bonds is 7. The Morgan fingerprint density at radius 3 is 2.90 bits per heavy atom. The minimum absolute atomic E-state index is 0.100. The Balaban J connectivity index is 1.64. The van der Waals surface area contributed by atoms with Crippen LogP contribution in [0.25, 0.3) is 0 Å². The van der Waals surface area contributed by atoms with Gasteiger partial charge in [0.2, 0.25) is 5.91 Å². The molecule has 8 nitrogen and oxygen atoms in total. The molecule has 1 fully saturated rings. The number of benzene rings is 2. The van der Waals surface area contributed by atoms with E-state index in [1.54, 1.807) is 36.4 Å². The second-order valence-electron chi connectivity index (χ2n) is 5.71. The van der Waals surface area contributed by atoms with Crippen molar-refractivity contribution in [1.82, 2.24) is 5.32 Å². The third-order valence-corrected chi connectivity index (χ3v) is 5.00. The molecule has 2 N–H and O–H groups in total. The summed E-state index contributed by atoms with van der Waals surface area (Å²) < 4.78 is 11.7. The number of amides is 2. The van der Waals surface area contributed by atoms with Crippen LogP contribution in [0.15, 0.2) is 57.1 Å². The molecular formula is C19H17BrN4O4S. The molecule has 1 aliphatic rings. The quantitative estimate of drug-likeness (QED) is 0.472.